The average molecular weight is 328 g/mol. The van der Waals surface area contributed by atoms with Crippen LogP contribution in [0.1, 0.15) is 48.8 Å². The van der Waals surface area contributed by atoms with Gasteiger partial charge < -0.3 is 5.32 Å². The van der Waals surface area contributed by atoms with Crippen molar-refractivity contribution in [2.75, 3.05) is 6.54 Å². The van der Waals surface area contributed by atoms with Crippen LogP contribution in [0.4, 0.5) is 0 Å². The summed E-state index contributed by atoms with van der Waals surface area (Å²) in [5.74, 6) is 0.625. The first-order valence-corrected chi connectivity index (χ1v) is 7.98. The molecule has 1 aliphatic rings. The first-order chi connectivity index (χ1) is 9.10. The van der Waals surface area contributed by atoms with Gasteiger partial charge in [0.05, 0.1) is 5.69 Å². The summed E-state index contributed by atoms with van der Waals surface area (Å²) in [4.78, 5) is 12.8. The van der Waals surface area contributed by atoms with E-state index in [9.17, 15) is 4.79 Å². The minimum absolute atomic E-state index is 0.00316. The third-order valence-electron chi connectivity index (χ3n) is 3.76. The van der Waals surface area contributed by atoms with Gasteiger partial charge in [0.1, 0.15) is 5.69 Å². The molecule has 0 aromatic carbocycles. The zero-order valence-corrected chi connectivity index (χ0v) is 13.2. The first kappa shape index (κ1) is 14.6. The average Bonchev–Trinajstić information content (AvgIpc) is 2.79. The van der Waals surface area contributed by atoms with Crippen LogP contribution < -0.4 is 5.32 Å². The maximum atomic E-state index is 12.2. The topological polar surface area (TPSA) is 46.9 Å². The molecule has 1 N–H and O–H groups in total. The number of halogens is 1. The molecule has 1 amide bonds. The van der Waals surface area contributed by atoms with E-state index in [-0.39, 0.29) is 5.91 Å². The minimum atomic E-state index is 0.00316. The maximum Gasteiger partial charge on any atom is 0.269 e. The van der Waals surface area contributed by atoms with E-state index in [1.807, 2.05) is 19.9 Å². The molecular formula is C14H22BrN3O. The molecule has 0 spiro atoms. The quantitative estimate of drug-likeness (QED) is 0.864. The standard InChI is InChI=1S/C14H22BrN3O/c1-3-18-13(8-10(2)17-18)14(19)16-9-11-4-6-12(15)7-5-11/h8,11-12H,3-7,9H2,1-2H3,(H,16,19). The molecule has 1 saturated carbocycles. The summed E-state index contributed by atoms with van der Waals surface area (Å²) in [6.07, 6.45) is 4.82. The molecule has 0 bridgehead atoms. The van der Waals surface area contributed by atoms with Crippen LogP contribution in [0.25, 0.3) is 0 Å². The van der Waals surface area contributed by atoms with Gasteiger partial charge in [-0.1, -0.05) is 15.9 Å². The lowest BCUT2D eigenvalue weighted by atomic mass is 9.89. The lowest BCUT2D eigenvalue weighted by Gasteiger charge is -2.25. The number of rotatable bonds is 4. The fraction of sp³-hybridized carbons (Fsp3) is 0.714. The molecule has 1 fully saturated rings. The van der Waals surface area contributed by atoms with Crippen molar-refractivity contribution in [3.63, 3.8) is 0 Å². The summed E-state index contributed by atoms with van der Waals surface area (Å²) in [6, 6.07) is 1.86. The van der Waals surface area contributed by atoms with Gasteiger partial charge in [0, 0.05) is 17.9 Å². The number of nitrogens with one attached hydrogen (secondary N) is 1. The Labute approximate surface area is 123 Å². The van der Waals surface area contributed by atoms with Crippen LogP contribution in [0, 0.1) is 12.8 Å². The molecule has 0 radical (unpaired) electrons. The van der Waals surface area contributed by atoms with E-state index in [0.29, 0.717) is 16.4 Å². The van der Waals surface area contributed by atoms with Gasteiger partial charge in [-0.25, -0.2) is 0 Å². The van der Waals surface area contributed by atoms with Gasteiger partial charge in [-0.3, -0.25) is 9.48 Å². The smallest absolute Gasteiger partial charge is 0.269 e. The zero-order chi connectivity index (χ0) is 13.8. The largest absolute Gasteiger partial charge is 0.350 e. The number of carbonyl (C=O) groups excluding carboxylic acids is 1. The zero-order valence-electron chi connectivity index (χ0n) is 11.7. The van der Waals surface area contributed by atoms with Crippen molar-refractivity contribution in [2.24, 2.45) is 5.92 Å². The number of amides is 1. The molecule has 2 rings (SSSR count). The molecule has 19 heavy (non-hydrogen) atoms. The SMILES string of the molecule is CCn1nc(C)cc1C(=O)NCC1CCC(Br)CC1. The van der Waals surface area contributed by atoms with E-state index < -0.39 is 0 Å². The van der Waals surface area contributed by atoms with Crippen LogP contribution in [-0.4, -0.2) is 27.1 Å². The van der Waals surface area contributed by atoms with Gasteiger partial charge in [0.15, 0.2) is 0 Å². The maximum absolute atomic E-state index is 12.2. The monoisotopic (exact) mass is 327 g/mol. The Kier molecular flexibility index (Phi) is 5.02. The van der Waals surface area contributed by atoms with Gasteiger partial charge >= 0.3 is 0 Å². The van der Waals surface area contributed by atoms with E-state index in [2.05, 4.69) is 26.3 Å². The predicted octanol–water partition coefficient (Wildman–Crippen LogP) is 2.89. The normalized spacial score (nSPS) is 23.3. The summed E-state index contributed by atoms with van der Waals surface area (Å²) in [5.41, 5.74) is 1.57. The second-order valence-electron chi connectivity index (χ2n) is 5.31. The highest BCUT2D eigenvalue weighted by molar-refractivity contribution is 9.09. The number of nitrogens with zero attached hydrogens (tertiary/aromatic N) is 2. The van der Waals surface area contributed by atoms with Crippen molar-refractivity contribution in [1.82, 2.24) is 15.1 Å². The molecule has 4 nitrogen and oxygen atoms in total. The van der Waals surface area contributed by atoms with Crippen LogP contribution in [0.15, 0.2) is 6.07 Å². The van der Waals surface area contributed by atoms with Crippen molar-refractivity contribution in [1.29, 1.82) is 0 Å². The van der Waals surface area contributed by atoms with Gasteiger partial charge in [0.25, 0.3) is 5.91 Å². The van der Waals surface area contributed by atoms with Crippen molar-refractivity contribution < 1.29 is 4.79 Å². The Morgan fingerprint density at radius 1 is 1.47 bits per heavy atom. The highest BCUT2D eigenvalue weighted by Gasteiger charge is 2.20. The molecule has 0 aliphatic heterocycles. The molecule has 5 heteroatoms. The second kappa shape index (κ2) is 6.55. The summed E-state index contributed by atoms with van der Waals surface area (Å²) in [6.45, 7) is 5.43. The Bertz CT molecular complexity index is 436. The molecule has 0 saturated heterocycles. The summed E-state index contributed by atoms with van der Waals surface area (Å²) in [5, 5.41) is 7.36. The number of carbonyl (C=O) groups is 1. The number of hydrogen-bond acceptors (Lipinski definition) is 2. The van der Waals surface area contributed by atoms with Crippen molar-refractivity contribution >= 4 is 21.8 Å². The van der Waals surface area contributed by atoms with E-state index >= 15 is 0 Å². The number of aryl methyl sites for hydroxylation is 2. The molecular weight excluding hydrogens is 306 g/mol. The second-order valence-corrected chi connectivity index (χ2v) is 6.61. The lowest BCUT2D eigenvalue weighted by molar-refractivity contribution is 0.0933. The third kappa shape index (κ3) is 3.81. The lowest BCUT2D eigenvalue weighted by Crippen LogP contribution is -2.32. The highest BCUT2D eigenvalue weighted by atomic mass is 79.9. The van der Waals surface area contributed by atoms with Crippen LogP contribution in [-0.2, 0) is 6.54 Å². The van der Waals surface area contributed by atoms with Crippen molar-refractivity contribution in [3.8, 4) is 0 Å². The number of alkyl halides is 1. The minimum Gasteiger partial charge on any atom is -0.350 e. The fourth-order valence-corrected chi connectivity index (χ4v) is 3.15. The summed E-state index contributed by atoms with van der Waals surface area (Å²) >= 11 is 3.66. The van der Waals surface area contributed by atoms with Crippen LogP contribution >= 0.6 is 15.9 Å². The van der Waals surface area contributed by atoms with E-state index in [0.717, 1.165) is 18.8 Å². The van der Waals surface area contributed by atoms with Crippen molar-refractivity contribution in [2.45, 2.75) is 50.9 Å². The van der Waals surface area contributed by atoms with E-state index in [1.54, 1.807) is 4.68 Å². The Hall–Kier alpha value is -0.840. The Morgan fingerprint density at radius 3 is 2.79 bits per heavy atom. The molecule has 106 valence electrons. The molecule has 1 heterocycles. The van der Waals surface area contributed by atoms with E-state index in [1.165, 1.54) is 25.7 Å². The van der Waals surface area contributed by atoms with Crippen LogP contribution in [0.3, 0.4) is 0 Å². The highest BCUT2D eigenvalue weighted by Crippen LogP contribution is 2.28. The van der Waals surface area contributed by atoms with Gasteiger partial charge in [-0.2, -0.15) is 5.10 Å². The third-order valence-corrected chi connectivity index (χ3v) is 4.68. The molecule has 1 aromatic rings. The molecule has 0 unspecified atom stereocenters. The number of aromatic nitrogens is 2. The molecule has 1 aliphatic carbocycles. The van der Waals surface area contributed by atoms with Crippen molar-refractivity contribution in [3.05, 3.63) is 17.5 Å². The summed E-state index contributed by atoms with van der Waals surface area (Å²) in [7, 11) is 0. The van der Waals surface area contributed by atoms with Gasteiger partial charge in [-0.15, -0.1) is 0 Å². The van der Waals surface area contributed by atoms with Gasteiger partial charge in [-0.05, 0) is 51.5 Å². The van der Waals surface area contributed by atoms with E-state index in [4.69, 9.17) is 0 Å². The molecule has 0 atom stereocenters. The summed E-state index contributed by atoms with van der Waals surface area (Å²) < 4.78 is 1.76. The first-order valence-electron chi connectivity index (χ1n) is 7.07. The van der Waals surface area contributed by atoms with Crippen LogP contribution in [0.2, 0.25) is 0 Å². The Balaban J connectivity index is 1.87. The molecule has 1 aromatic heterocycles. The number of hydrogen-bond donors (Lipinski definition) is 1. The predicted molar refractivity (Wildman–Crippen MR) is 79.6 cm³/mol. The Morgan fingerprint density at radius 2 is 2.16 bits per heavy atom. The van der Waals surface area contributed by atoms with Gasteiger partial charge in [0.2, 0.25) is 0 Å². The fourth-order valence-electron chi connectivity index (χ4n) is 2.62. The van der Waals surface area contributed by atoms with Crippen LogP contribution in [0.5, 0.6) is 0 Å².